The number of hydrogen-bond acceptors (Lipinski definition) is 4. The van der Waals surface area contributed by atoms with Gasteiger partial charge in [0.2, 0.25) is 0 Å². The quantitative estimate of drug-likeness (QED) is 0.928. The van der Waals surface area contributed by atoms with Crippen LogP contribution in [0.15, 0.2) is 42.5 Å². The molecule has 0 aromatic heterocycles. The number of phenols is 1. The second kappa shape index (κ2) is 6.71. The molecule has 0 amide bonds. The standard InChI is InChI=1S/C18H20O4/c1-20-14-6-4-5-13(11-14)16-9-8-15(12-17(16)19)22-18-7-2-3-10-21-18/h4-6,8-9,11-12,18-19H,2-3,7,10H2,1H3. The van der Waals surface area contributed by atoms with Crippen molar-refractivity contribution in [3.8, 4) is 28.4 Å². The summed E-state index contributed by atoms with van der Waals surface area (Å²) >= 11 is 0. The Bertz CT molecular complexity index is 633. The maximum absolute atomic E-state index is 10.3. The Balaban J connectivity index is 1.79. The Hall–Kier alpha value is -2.20. The minimum Gasteiger partial charge on any atom is -0.507 e. The first-order chi connectivity index (χ1) is 10.8. The molecule has 1 fully saturated rings. The van der Waals surface area contributed by atoms with Gasteiger partial charge < -0.3 is 19.3 Å². The van der Waals surface area contributed by atoms with Crippen LogP contribution in [0.25, 0.3) is 11.1 Å². The number of benzene rings is 2. The molecule has 1 atom stereocenters. The van der Waals surface area contributed by atoms with Crippen molar-refractivity contribution >= 4 is 0 Å². The van der Waals surface area contributed by atoms with Crippen LogP contribution >= 0.6 is 0 Å². The molecular formula is C18H20O4. The molecule has 4 heteroatoms. The molecule has 1 aliphatic heterocycles. The van der Waals surface area contributed by atoms with Gasteiger partial charge in [-0.3, -0.25) is 0 Å². The van der Waals surface area contributed by atoms with Crippen LogP contribution < -0.4 is 9.47 Å². The predicted molar refractivity (Wildman–Crippen MR) is 84.3 cm³/mol. The Labute approximate surface area is 130 Å². The number of aromatic hydroxyl groups is 1. The molecule has 0 aliphatic carbocycles. The summed E-state index contributed by atoms with van der Waals surface area (Å²) in [6, 6.07) is 12.9. The van der Waals surface area contributed by atoms with E-state index >= 15 is 0 Å². The van der Waals surface area contributed by atoms with Crippen molar-refractivity contribution < 1.29 is 19.3 Å². The van der Waals surface area contributed by atoms with Gasteiger partial charge in [-0.25, -0.2) is 0 Å². The van der Waals surface area contributed by atoms with Crippen LogP contribution in [0.3, 0.4) is 0 Å². The molecule has 4 nitrogen and oxygen atoms in total. The van der Waals surface area contributed by atoms with Crippen LogP contribution in [0.1, 0.15) is 19.3 Å². The summed E-state index contributed by atoms with van der Waals surface area (Å²) in [6.45, 7) is 0.735. The van der Waals surface area contributed by atoms with Gasteiger partial charge in [0.25, 0.3) is 0 Å². The third-order valence-electron chi connectivity index (χ3n) is 3.76. The van der Waals surface area contributed by atoms with Gasteiger partial charge in [0, 0.05) is 18.1 Å². The first-order valence-electron chi connectivity index (χ1n) is 7.52. The molecule has 0 spiro atoms. The molecule has 3 rings (SSSR count). The second-order valence-corrected chi connectivity index (χ2v) is 5.32. The summed E-state index contributed by atoms with van der Waals surface area (Å²) in [4.78, 5) is 0. The lowest BCUT2D eigenvalue weighted by Gasteiger charge is -2.23. The van der Waals surface area contributed by atoms with E-state index in [1.54, 1.807) is 13.2 Å². The highest BCUT2D eigenvalue weighted by molar-refractivity contribution is 5.72. The van der Waals surface area contributed by atoms with Crippen LogP contribution in [0, 0.1) is 0 Å². The van der Waals surface area contributed by atoms with E-state index in [9.17, 15) is 5.11 Å². The van der Waals surface area contributed by atoms with E-state index in [2.05, 4.69) is 0 Å². The zero-order valence-electron chi connectivity index (χ0n) is 12.6. The Morgan fingerprint density at radius 2 is 2.00 bits per heavy atom. The number of phenolic OH excluding ortho intramolecular Hbond substituents is 1. The lowest BCUT2D eigenvalue weighted by atomic mass is 10.0. The summed E-state index contributed by atoms with van der Waals surface area (Å²) in [5.41, 5.74) is 1.65. The number of rotatable bonds is 4. The van der Waals surface area contributed by atoms with Crippen molar-refractivity contribution in [1.29, 1.82) is 0 Å². The van der Waals surface area contributed by atoms with E-state index in [1.165, 1.54) is 0 Å². The average molecular weight is 300 g/mol. The van der Waals surface area contributed by atoms with Crippen molar-refractivity contribution in [3.05, 3.63) is 42.5 Å². The first kappa shape index (κ1) is 14.7. The van der Waals surface area contributed by atoms with Gasteiger partial charge in [0.05, 0.1) is 13.7 Å². The molecule has 0 bridgehead atoms. The van der Waals surface area contributed by atoms with Gasteiger partial charge in [0.15, 0.2) is 6.29 Å². The molecule has 22 heavy (non-hydrogen) atoms. The van der Waals surface area contributed by atoms with E-state index in [1.807, 2.05) is 36.4 Å². The molecule has 2 aromatic rings. The van der Waals surface area contributed by atoms with Gasteiger partial charge >= 0.3 is 0 Å². The van der Waals surface area contributed by atoms with Crippen molar-refractivity contribution in [1.82, 2.24) is 0 Å². The highest BCUT2D eigenvalue weighted by Gasteiger charge is 2.16. The van der Waals surface area contributed by atoms with Crippen molar-refractivity contribution in [2.24, 2.45) is 0 Å². The fourth-order valence-corrected chi connectivity index (χ4v) is 2.58. The SMILES string of the molecule is COc1cccc(-c2ccc(OC3CCCCO3)cc2O)c1. The van der Waals surface area contributed by atoms with E-state index in [-0.39, 0.29) is 12.0 Å². The number of hydrogen-bond donors (Lipinski definition) is 1. The van der Waals surface area contributed by atoms with Crippen LogP contribution in [-0.2, 0) is 4.74 Å². The summed E-state index contributed by atoms with van der Waals surface area (Å²) < 4.78 is 16.5. The Kier molecular flexibility index (Phi) is 4.49. The molecule has 1 heterocycles. The predicted octanol–water partition coefficient (Wildman–Crippen LogP) is 3.97. The van der Waals surface area contributed by atoms with Gasteiger partial charge in [-0.15, -0.1) is 0 Å². The van der Waals surface area contributed by atoms with Crippen molar-refractivity contribution in [2.75, 3.05) is 13.7 Å². The molecule has 0 saturated carbocycles. The van der Waals surface area contributed by atoms with E-state index in [4.69, 9.17) is 14.2 Å². The molecule has 2 aromatic carbocycles. The minimum absolute atomic E-state index is 0.182. The van der Waals surface area contributed by atoms with Crippen molar-refractivity contribution in [2.45, 2.75) is 25.6 Å². The third kappa shape index (κ3) is 3.34. The minimum atomic E-state index is -0.212. The number of ether oxygens (including phenoxy) is 3. The molecule has 116 valence electrons. The van der Waals surface area contributed by atoms with E-state index in [0.717, 1.165) is 42.7 Å². The maximum atomic E-state index is 10.3. The van der Waals surface area contributed by atoms with E-state index < -0.39 is 0 Å². The fourth-order valence-electron chi connectivity index (χ4n) is 2.58. The maximum Gasteiger partial charge on any atom is 0.199 e. The topological polar surface area (TPSA) is 47.9 Å². The van der Waals surface area contributed by atoms with Gasteiger partial charge in [-0.1, -0.05) is 12.1 Å². The first-order valence-corrected chi connectivity index (χ1v) is 7.52. The zero-order valence-corrected chi connectivity index (χ0v) is 12.6. The molecular weight excluding hydrogens is 280 g/mol. The second-order valence-electron chi connectivity index (χ2n) is 5.32. The summed E-state index contributed by atoms with van der Waals surface area (Å²) in [7, 11) is 1.63. The van der Waals surface area contributed by atoms with Crippen LogP contribution in [0.2, 0.25) is 0 Å². The van der Waals surface area contributed by atoms with Crippen LogP contribution in [-0.4, -0.2) is 25.1 Å². The molecule has 1 saturated heterocycles. The van der Waals surface area contributed by atoms with Crippen molar-refractivity contribution in [3.63, 3.8) is 0 Å². The van der Waals surface area contributed by atoms with Crippen LogP contribution in [0.4, 0.5) is 0 Å². The summed E-state index contributed by atoms with van der Waals surface area (Å²) in [5, 5.41) is 10.3. The van der Waals surface area contributed by atoms with Crippen LogP contribution in [0.5, 0.6) is 17.2 Å². The fraction of sp³-hybridized carbons (Fsp3) is 0.333. The normalized spacial score (nSPS) is 18.0. The van der Waals surface area contributed by atoms with Gasteiger partial charge in [-0.05, 0) is 42.7 Å². The van der Waals surface area contributed by atoms with Gasteiger partial charge in [-0.2, -0.15) is 0 Å². The molecule has 1 unspecified atom stereocenters. The highest BCUT2D eigenvalue weighted by Crippen LogP contribution is 2.34. The molecule has 0 radical (unpaired) electrons. The average Bonchev–Trinajstić information content (AvgIpc) is 2.56. The lowest BCUT2D eigenvalue weighted by Crippen LogP contribution is -2.24. The monoisotopic (exact) mass is 300 g/mol. The summed E-state index contributed by atoms with van der Waals surface area (Å²) in [5.74, 6) is 1.56. The molecule has 1 N–H and O–H groups in total. The smallest absolute Gasteiger partial charge is 0.199 e. The lowest BCUT2D eigenvalue weighted by molar-refractivity contribution is -0.105. The third-order valence-corrected chi connectivity index (χ3v) is 3.76. The largest absolute Gasteiger partial charge is 0.507 e. The number of methoxy groups -OCH3 is 1. The Morgan fingerprint density at radius 3 is 2.73 bits per heavy atom. The zero-order chi connectivity index (χ0) is 15.4. The van der Waals surface area contributed by atoms with E-state index in [0.29, 0.717) is 5.75 Å². The van der Waals surface area contributed by atoms with Gasteiger partial charge in [0.1, 0.15) is 17.2 Å². The highest BCUT2D eigenvalue weighted by atomic mass is 16.7. The Morgan fingerprint density at radius 1 is 1.09 bits per heavy atom. The molecule has 1 aliphatic rings. The summed E-state index contributed by atoms with van der Waals surface area (Å²) in [6.07, 6.45) is 2.87.